The Morgan fingerprint density at radius 3 is 3.00 bits per heavy atom. The van der Waals surface area contributed by atoms with E-state index in [1.807, 2.05) is 24.3 Å². The highest BCUT2D eigenvalue weighted by Crippen LogP contribution is 2.07. The molecule has 5 nitrogen and oxygen atoms in total. The second-order valence-electron chi connectivity index (χ2n) is 4.44. The molecular formula is C17H16N2O3. The quantitative estimate of drug-likeness (QED) is 0.613. The van der Waals surface area contributed by atoms with Crippen LogP contribution in [0.3, 0.4) is 0 Å². The molecule has 2 N–H and O–H groups in total. The lowest BCUT2D eigenvalue weighted by Gasteiger charge is -2.05. The summed E-state index contributed by atoms with van der Waals surface area (Å²) in [6.07, 6.45) is 16.1. The Morgan fingerprint density at radius 2 is 2.18 bits per heavy atom. The van der Waals surface area contributed by atoms with Crippen LogP contribution in [-0.2, 0) is 14.3 Å². The van der Waals surface area contributed by atoms with E-state index in [2.05, 4.69) is 16.6 Å². The van der Waals surface area contributed by atoms with Gasteiger partial charge in [-0.2, -0.15) is 0 Å². The van der Waals surface area contributed by atoms with Gasteiger partial charge in [-0.15, -0.1) is 0 Å². The minimum Gasteiger partial charge on any atom is -0.486 e. The number of carbonyl (C=O) groups is 2. The van der Waals surface area contributed by atoms with E-state index >= 15 is 0 Å². The fourth-order valence-electron chi connectivity index (χ4n) is 1.77. The Hall–Kier alpha value is -3.04. The Kier molecular flexibility index (Phi) is 5.35. The van der Waals surface area contributed by atoms with Crippen LogP contribution in [0.5, 0.6) is 0 Å². The number of hydrogen-bond donors (Lipinski definition) is 2. The number of methoxy groups -OCH3 is 1. The number of hydrazine groups is 1. The predicted octanol–water partition coefficient (Wildman–Crippen LogP) is 1.76. The molecule has 0 heterocycles. The highest BCUT2D eigenvalue weighted by atomic mass is 16.5. The van der Waals surface area contributed by atoms with Crippen molar-refractivity contribution in [3.8, 4) is 0 Å². The second kappa shape index (κ2) is 7.67. The summed E-state index contributed by atoms with van der Waals surface area (Å²) in [5, 5.41) is 0. The van der Waals surface area contributed by atoms with Crippen LogP contribution in [0.4, 0.5) is 0 Å². The Morgan fingerprint density at radius 1 is 1.32 bits per heavy atom. The average molecular weight is 296 g/mol. The standard InChI is InChI=1S/C17H16N2O3/c1-22-16-11-9-13(8-10-15(16)20)12-18-19-17(21)14-6-4-2-3-5-7-14/h2-4,6-10,12,18H,5H2,1H3,(H,19,21). The van der Waals surface area contributed by atoms with Crippen LogP contribution in [-0.4, -0.2) is 18.8 Å². The number of nitrogens with one attached hydrogen (secondary N) is 2. The van der Waals surface area contributed by atoms with Crippen LogP contribution in [0.15, 0.2) is 77.4 Å². The van der Waals surface area contributed by atoms with Gasteiger partial charge in [0, 0.05) is 11.8 Å². The molecular weight excluding hydrogens is 280 g/mol. The third kappa shape index (κ3) is 4.23. The van der Waals surface area contributed by atoms with Gasteiger partial charge in [0.05, 0.1) is 7.11 Å². The van der Waals surface area contributed by atoms with Gasteiger partial charge in [-0.3, -0.25) is 15.0 Å². The SMILES string of the molecule is COC1=C=CC(=CNNC(=O)C2=CCC=CC=C2)C=CC1=O. The Bertz CT molecular complexity index is 685. The summed E-state index contributed by atoms with van der Waals surface area (Å²) in [7, 11) is 1.41. The molecule has 0 atom stereocenters. The van der Waals surface area contributed by atoms with Gasteiger partial charge in [-0.05, 0) is 36.3 Å². The molecule has 0 spiro atoms. The third-order valence-electron chi connectivity index (χ3n) is 2.91. The monoisotopic (exact) mass is 296 g/mol. The first-order chi connectivity index (χ1) is 10.7. The number of amides is 1. The smallest absolute Gasteiger partial charge is 0.269 e. The number of allylic oxidation sites excluding steroid dienone is 7. The van der Waals surface area contributed by atoms with E-state index in [1.54, 1.807) is 24.4 Å². The molecule has 1 amide bonds. The summed E-state index contributed by atoms with van der Waals surface area (Å²) in [6.45, 7) is 0. The summed E-state index contributed by atoms with van der Waals surface area (Å²) in [6, 6.07) is 0. The number of carbonyl (C=O) groups excluding carboxylic acids is 2. The van der Waals surface area contributed by atoms with Gasteiger partial charge in [0.25, 0.3) is 5.91 Å². The number of ketones is 1. The molecule has 0 bridgehead atoms. The Balaban J connectivity index is 1.97. The van der Waals surface area contributed by atoms with Crippen molar-refractivity contribution in [2.75, 3.05) is 7.11 Å². The molecule has 22 heavy (non-hydrogen) atoms. The van der Waals surface area contributed by atoms with Crippen LogP contribution in [0.1, 0.15) is 6.42 Å². The van der Waals surface area contributed by atoms with Crippen molar-refractivity contribution >= 4 is 11.7 Å². The summed E-state index contributed by atoms with van der Waals surface area (Å²) >= 11 is 0. The molecule has 0 aromatic heterocycles. The molecule has 0 aliphatic heterocycles. The van der Waals surface area contributed by atoms with Crippen LogP contribution in [0.2, 0.25) is 0 Å². The number of hydrogen-bond acceptors (Lipinski definition) is 4. The van der Waals surface area contributed by atoms with Gasteiger partial charge in [0.15, 0.2) is 0 Å². The van der Waals surface area contributed by atoms with Gasteiger partial charge in [-0.25, -0.2) is 0 Å². The zero-order valence-electron chi connectivity index (χ0n) is 12.1. The Labute approximate surface area is 128 Å². The molecule has 0 unspecified atom stereocenters. The van der Waals surface area contributed by atoms with Crippen molar-refractivity contribution in [3.05, 3.63) is 77.4 Å². The van der Waals surface area contributed by atoms with Gasteiger partial charge < -0.3 is 10.2 Å². The number of ether oxygens (including phenoxy) is 1. The highest BCUT2D eigenvalue weighted by molar-refractivity contribution is 6.03. The predicted molar refractivity (Wildman–Crippen MR) is 83.1 cm³/mol. The van der Waals surface area contributed by atoms with E-state index in [9.17, 15) is 9.59 Å². The first-order valence-electron chi connectivity index (χ1n) is 6.73. The first kappa shape index (κ1) is 15.4. The minimum absolute atomic E-state index is 0.143. The molecule has 0 aromatic carbocycles. The maximum atomic E-state index is 11.9. The van der Waals surface area contributed by atoms with E-state index in [-0.39, 0.29) is 17.4 Å². The minimum atomic E-state index is -0.257. The van der Waals surface area contributed by atoms with Crippen LogP contribution in [0.25, 0.3) is 0 Å². The van der Waals surface area contributed by atoms with Crippen LogP contribution < -0.4 is 10.9 Å². The molecule has 0 fully saturated rings. The summed E-state index contributed by atoms with van der Waals surface area (Å²) in [5.41, 5.74) is 9.28. The fraction of sp³-hybridized carbons (Fsp3) is 0.118. The molecule has 2 aliphatic rings. The summed E-state index contributed by atoms with van der Waals surface area (Å²) in [4.78, 5) is 23.5. The highest BCUT2D eigenvalue weighted by Gasteiger charge is 2.08. The second-order valence-corrected chi connectivity index (χ2v) is 4.44. The lowest BCUT2D eigenvalue weighted by molar-refractivity contribution is -0.118. The van der Waals surface area contributed by atoms with E-state index < -0.39 is 0 Å². The van der Waals surface area contributed by atoms with Crippen molar-refractivity contribution < 1.29 is 14.3 Å². The lowest BCUT2D eigenvalue weighted by atomic mass is 10.2. The van der Waals surface area contributed by atoms with E-state index in [1.165, 1.54) is 13.2 Å². The molecule has 2 aliphatic carbocycles. The fourth-order valence-corrected chi connectivity index (χ4v) is 1.77. The van der Waals surface area contributed by atoms with Crippen molar-refractivity contribution in [2.24, 2.45) is 0 Å². The first-order valence-corrected chi connectivity index (χ1v) is 6.73. The summed E-state index contributed by atoms with van der Waals surface area (Å²) < 4.78 is 4.90. The van der Waals surface area contributed by atoms with E-state index in [0.717, 1.165) is 6.42 Å². The molecule has 5 heteroatoms. The van der Waals surface area contributed by atoms with Crippen molar-refractivity contribution in [3.63, 3.8) is 0 Å². The molecule has 2 rings (SSSR count). The maximum absolute atomic E-state index is 11.9. The van der Waals surface area contributed by atoms with E-state index in [0.29, 0.717) is 11.1 Å². The average Bonchev–Trinajstić information content (AvgIpc) is 2.89. The maximum Gasteiger partial charge on any atom is 0.269 e. The molecule has 112 valence electrons. The van der Waals surface area contributed by atoms with Gasteiger partial charge in [-0.1, -0.05) is 30.0 Å². The summed E-state index contributed by atoms with van der Waals surface area (Å²) in [5.74, 6) is -0.347. The largest absolute Gasteiger partial charge is 0.486 e. The van der Waals surface area contributed by atoms with Crippen molar-refractivity contribution in [1.82, 2.24) is 10.9 Å². The zero-order chi connectivity index (χ0) is 15.8. The molecule has 0 aromatic rings. The molecule has 0 radical (unpaired) electrons. The van der Waals surface area contributed by atoms with Gasteiger partial charge in [0.2, 0.25) is 11.5 Å². The third-order valence-corrected chi connectivity index (χ3v) is 2.91. The normalized spacial score (nSPS) is 18.4. The topological polar surface area (TPSA) is 67.4 Å². The van der Waals surface area contributed by atoms with Crippen molar-refractivity contribution in [1.29, 1.82) is 0 Å². The van der Waals surface area contributed by atoms with Crippen molar-refractivity contribution in [2.45, 2.75) is 6.42 Å². The van der Waals surface area contributed by atoms with Crippen LogP contribution >= 0.6 is 0 Å². The van der Waals surface area contributed by atoms with Gasteiger partial charge in [0.1, 0.15) is 0 Å². The molecule has 0 saturated heterocycles. The lowest BCUT2D eigenvalue weighted by Crippen LogP contribution is -2.34. The zero-order valence-corrected chi connectivity index (χ0v) is 12.1. The number of rotatable bonds is 4. The van der Waals surface area contributed by atoms with E-state index in [4.69, 9.17) is 4.74 Å². The molecule has 0 saturated carbocycles. The van der Waals surface area contributed by atoms with Gasteiger partial charge >= 0.3 is 0 Å². The van der Waals surface area contributed by atoms with Crippen LogP contribution in [0, 0.1) is 0 Å².